The van der Waals surface area contributed by atoms with Crippen molar-refractivity contribution in [2.45, 2.75) is 19.1 Å². The number of nitrogens with one attached hydrogen (secondary N) is 1. The number of fused-ring (bicyclic) bond motifs is 1. The molecular formula is C9H11N3O2. The topological polar surface area (TPSA) is 82.0 Å². The molecule has 0 atom stereocenters. The average molecular weight is 193 g/mol. The summed E-state index contributed by atoms with van der Waals surface area (Å²) in [7, 11) is 0. The fourth-order valence-electron chi connectivity index (χ4n) is 1.41. The van der Waals surface area contributed by atoms with Gasteiger partial charge in [-0.05, 0) is 18.1 Å². The lowest BCUT2D eigenvalue weighted by atomic mass is 10.1. The van der Waals surface area contributed by atoms with E-state index in [1.54, 1.807) is 0 Å². The van der Waals surface area contributed by atoms with Crippen molar-refractivity contribution in [3.63, 3.8) is 0 Å². The number of para-hydroxylation sites is 1. The van der Waals surface area contributed by atoms with E-state index < -0.39 is 6.29 Å². The summed E-state index contributed by atoms with van der Waals surface area (Å²) in [6, 6.07) is 5.65. The maximum absolute atomic E-state index is 8.75. The molecule has 2 rings (SSSR count). The summed E-state index contributed by atoms with van der Waals surface area (Å²) in [6.07, 6.45) is -0.370. The number of aromatic amines is 1. The maximum atomic E-state index is 8.75. The number of hydrogen-bond donors (Lipinski definition) is 3. The van der Waals surface area contributed by atoms with Gasteiger partial charge in [-0.25, -0.2) is 0 Å². The Morgan fingerprint density at radius 1 is 1.29 bits per heavy atom. The van der Waals surface area contributed by atoms with Gasteiger partial charge >= 0.3 is 0 Å². The standard InChI is InChI=1S/C9H11N3O2/c13-8(14)5-4-6-2-1-3-7-9(6)11-12-10-7/h1-3,8,13-14H,4-5H2,(H,10,11,12). The van der Waals surface area contributed by atoms with E-state index in [0.717, 1.165) is 16.6 Å². The van der Waals surface area contributed by atoms with Crippen LogP contribution in [0.1, 0.15) is 12.0 Å². The molecule has 0 saturated heterocycles. The number of H-pyrrole nitrogens is 1. The molecule has 1 heterocycles. The van der Waals surface area contributed by atoms with Gasteiger partial charge in [0, 0.05) is 6.42 Å². The van der Waals surface area contributed by atoms with Crippen LogP contribution in [0.25, 0.3) is 11.0 Å². The molecule has 0 aliphatic carbocycles. The van der Waals surface area contributed by atoms with E-state index in [1.165, 1.54) is 0 Å². The number of aliphatic hydroxyl groups is 2. The molecule has 0 amide bonds. The van der Waals surface area contributed by atoms with E-state index >= 15 is 0 Å². The van der Waals surface area contributed by atoms with Gasteiger partial charge in [0.25, 0.3) is 0 Å². The fraction of sp³-hybridized carbons (Fsp3) is 0.333. The second kappa shape index (κ2) is 3.73. The summed E-state index contributed by atoms with van der Waals surface area (Å²) in [5.74, 6) is 0. The lowest BCUT2D eigenvalue weighted by Gasteiger charge is -2.03. The van der Waals surface area contributed by atoms with Crippen LogP contribution in [-0.4, -0.2) is 31.9 Å². The smallest absolute Gasteiger partial charge is 0.151 e. The number of benzene rings is 1. The van der Waals surface area contributed by atoms with Crippen molar-refractivity contribution in [3.05, 3.63) is 23.8 Å². The molecular weight excluding hydrogens is 182 g/mol. The third-order valence-corrected chi connectivity index (χ3v) is 2.10. The quantitative estimate of drug-likeness (QED) is 0.608. The normalized spacial score (nSPS) is 11.4. The van der Waals surface area contributed by atoms with Gasteiger partial charge in [-0.3, -0.25) is 0 Å². The van der Waals surface area contributed by atoms with Gasteiger partial charge in [-0.15, -0.1) is 0 Å². The summed E-state index contributed by atoms with van der Waals surface area (Å²) < 4.78 is 0. The first-order valence-corrected chi connectivity index (χ1v) is 4.42. The molecule has 0 bridgehead atoms. The highest BCUT2D eigenvalue weighted by molar-refractivity contribution is 5.77. The Morgan fingerprint density at radius 2 is 2.14 bits per heavy atom. The van der Waals surface area contributed by atoms with Gasteiger partial charge in [0.1, 0.15) is 11.0 Å². The second-order valence-electron chi connectivity index (χ2n) is 3.13. The summed E-state index contributed by atoms with van der Waals surface area (Å²) in [6.45, 7) is 0. The molecule has 3 N–H and O–H groups in total. The van der Waals surface area contributed by atoms with E-state index in [9.17, 15) is 0 Å². The summed E-state index contributed by atoms with van der Waals surface area (Å²) in [5, 5.41) is 28.0. The van der Waals surface area contributed by atoms with Crippen LogP contribution in [-0.2, 0) is 6.42 Å². The van der Waals surface area contributed by atoms with E-state index in [1.807, 2.05) is 18.2 Å². The van der Waals surface area contributed by atoms with Crippen molar-refractivity contribution < 1.29 is 10.2 Å². The lowest BCUT2D eigenvalue weighted by Crippen LogP contribution is -2.05. The largest absolute Gasteiger partial charge is 0.368 e. The summed E-state index contributed by atoms with van der Waals surface area (Å²) in [5.41, 5.74) is 2.58. The first-order valence-electron chi connectivity index (χ1n) is 4.42. The first-order chi connectivity index (χ1) is 6.77. The highest BCUT2D eigenvalue weighted by atomic mass is 16.5. The Kier molecular flexibility index (Phi) is 2.43. The molecule has 14 heavy (non-hydrogen) atoms. The zero-order valence-electron chi connectivity index (χ0n) is 7.51. The highest BCUT2D eigenvalue weighted by Gasteiger charge is 2.05. The monoisotopic (exact) mass is 193 g/mol. The van der Waals surface area contributed by atoms with Crippen LogP contribution in [0.3, 0.4) is 0 Å². The minimum atomic E-state index is -1.27. The number of aliphatic hydroxyl groups excluding tert-OH is 1. The zero-order chi connectivity index (χ0) is 9.97. The molecule has 5 nitrogen and oxygen atoms in total. The van der Waals surface area contributed by atoms with Crippen LogP contribution in [0, 0.1) is 0 Å². The first kappa shape index (κ1) is 9.11. The van der Waals surface area contributed by atoms with Crippen molar-refractivity contribution >= 4 is 11.0 Å². The molecule has 0 unspecified atom stereocenters. The van der Waals surface area contributed by atoms with Crippen LogP contribution in [0.5, 0.6) is 0 Å². The number of aromatic nitrogens is 3. The Labute approximate surface area is 80.4 Å². The molecule has 5 heteroatoms. The van der Waals surface area contributed by atoms with Gasteiger partial charge in [-0.1, -0.05) is 12.1 Å². The number of rotatable bonds is 3. The van der Waals surface area contributed by atoms with Gasteiger partial charge < -0.3 is 10.2 Å². The molecule has 0 aliphatic rings. The number of nitrogens with zero attached hydrogens (tertiary/aromatic N) is 2. The highest BCUT2D eigenvalue weighted by Crippen LogP contribution is 2.15. The van der Waals surface area contributed by atoms with E-state index in [4.69, 9.17) is 10.2 Å². The van der Waals surface area contributed by atoms with Crippen molar-refractivity contribution in [2.75, 3.05) is 0 Å². The van der Waals surface area contributed by atoms with E-state index in [-0.39, 0.29) is 0 Å². The fourth-order valence-corrected chi connectivity index (χ4v) is 1.41. The predicted octanol–water partition coefficient (Wildman–Crippen LogP) is 0.201. The molecule has 0 aliphatic heterocycles. The molecule has 1 aromatic heterocycles. The van der Waals surface area contributed by atoms with Crippen LogP contribution in [0.4, 0.5) is 0 Å². The van der Waals surface area contributed by atoms with Crippen molar-refractivity contribution in [1.29, 1.82) is 0 Å². The Bertz CT molecular complexity index is 425. The molecule has 0 spiro atoms. The Hall–Kier alpha value is -1.46. The van der Waals surface area contributed by atoms with Crippen LogP contribution >= 0.6 is 0 Å². The van der Waals surface area contributed by atoms with Crippen LogP contribution in [0.2, 0.25) is 0 Å². The van der Waals surface area contributed by atoms with Crippen molar-refractivity contribution in [1.82, 2.24) is 15.4 Å². The molecule has 2 aromatic rings. The lowest BCUT2D eigenvalue weighted by molar-refractivity contribution is -0.0446. The van der Waals surface area contributed by atoms with Crippen LogP contribution < -0.4 is 0 Å². The third kappa shape index (κ3) is 1.73. The minimum Gasteiger partial charge on any atom is -0.368 e. The van der Waals surface area contributed by atoms with E-state index in [2.05, 4.69) is 15.4 Å². The average Bonchev–Trinajstić information content (AvgIpc) is 2.62. The van der Waals surface area contributed by atoms with Gasteiger partial charge in [0.2, 0.25) is 0 Å². The van der Waals surface area contributed by atoms with Crippen molar-refractivity contribution in [2.24, 2.45) is 0 Å². The molecule has 0 saturated carbocycles. The number of aryl methyl sites for hydroxylation is 1. The van der Waals surface area contributed by atoms with Gasteiger partial charge in [-0.2, -0.15) is 15.4 Å². The van der Waals surface area contributed by atoms with Crippen LogP contribution in [0.15, 0.2) is 18.2 Å². The van der Waals surface area contributed by atoms with Gasteiger partial charge in [0.05, 0.1) is 0 Å². The predicted molar refractivity (Wildman–Crippen MR) is 50.4 cm³/mol. The summed E-state index contributed by atoms with van der Waals surface area (Å²) >= 11 is 0. The Morgan fingerprint density at radius 3 is 2.93 bits per heavy atom. The second-order valence-corrected chi connectivity index (χ2v) is 3.13. The molecule has 1 aromatic carbocycles. The number of hydrogen-bond acceptors (Lipinski definition) is 4. The van der Waals surface area contributed by atoms with Gasteiger partial charge in [0.15, 0.2) is 6.29 Å². The van der Waals surface area contributed by atoms with Crippen molar-refractivity contribution in [3.8, 4) is 0 Å². The summed E-state index contributed by atoms with van der Waals surface area (Å²) in [4.78, 5) is 0. The zero-order valence-corrected chi connectivity index (χ0v) is 7.51. The Balaban J connectivity index is 2.27. The maximum Gasteiger partial charge on any atom is 0.151 e. The SMILES string of the molecule is OC(O)CCc1cccc2n[nH]nc12. The van der Waals surface area contributed by atoms with E-state index in [0.29, 0.717) is 12.8 Å². The minimum absolute atomic E-state index is 0.311. The third-order valence-electron chi connectivity index (χ3n) is 2.10. The molecule has 0 radical (unpaired) electrons. The molecule has 74 valence electrons. The molecule has 0 fully saturated rings.